The second-order valence-corrected chi connectivity index (χ2v) is 6.97. The van der Waals surface area contributed by atoms with Crippen LogP contribution < -0.4 is 10.6 Å². The maximum Gasteiger partial charge on any atom is 0.323 e. The molecule has 1 saturated carbocycles. The molecule has 142 valence electrons. The molecule has 0 saturated heterocycles. The fraction of sp³-hybridized carbons (Fsp3) is 0.316. The van der Waals surface area contributed by atoms with Gasteiger partial charge in [-0.05, 0) is 38.0 Å². The first kappa shape index (κ1) is 17.9. The summed E-state index contributed by atoms with van der Waals surface area (Å²) < 4.78 is 13.7. The van der Waals surface area contributed by atoms with Crippen LogP contribution in [0.2, 0.25) is 0 Å². The van der Waals surface area contributed by atoms with Crippen molar-refractivity contribution in [1.29, 1.82) is 5.26 Å². The molecule has 8 nitrogen and oxygen atoms in total. The molecule has 2 aliphatic rings. The van der Waals surface area contributed by atoms with Crippen LogP contribution in [-0.4, -0.2) is 33.4 Å². The van der Waals surface area contributed by atoms with Gasteiger partial charge in [-0.15, -0.1) is 0 Å². The quantitative estimate of drug-likeness (QED) is 0.845. The summed E-state index contributed by atoms with van der Waals surface area (Å²) in [6.07, 6.45) is 4.13. The number of carbonyl (C=O) groups excluding carboxylic acids is 2. The van der Waals surface area contributed by atoms with E-state index < -0.39 is 11.6 Å². The SMILES string of the molecule is C[C@@H](NC(=O)CN1C(=O)Nc2ccc(F)cc2C12CC2)c1cnc(C#N)cn1. The molecule has 28 heavy (non-hydrogen) atoms. The van der Waals surface area contributed by atoms with Crippen molar-refractivity contribution in [3.8, 4) is 6.07 Å². The highest BCUT2D eigenvalue weighted by Gasteiger charge is 2.55. The third-order valence-corrected chi connectivity index (χ3v) is 5.12. The van der Waals surface area contributed by atoms with E-state index in [1.54, 1.807) is 13.0 Å². The zero-order valence-electron chi connectivity index (χ0n) is 15.1. The Hall–Kier alpha value is -3.54. The zero-order chi connectivity index (χ0) is 19.9. The van der Waals surface area contributed by atoms with Gasteiger partial charge >= 0.3 is 6.03 Å². The first-order valence-electron chi connectivity index (χ1n) is 8.83. The molecule has 4 rings (SSSR count). The molecule has 2 aromatic rings. The fourth-order valence-corrected chi connectivity index (χ4v) is 3.54. The van der Waals surface area contributed by atoms with Crippen molar-refractivity contribution in [2.45, 2.75) is 31.3 Å². The average molecular weight is 380 g/mol. The number of aromatic nitrogens is 2. The van der Waals surface area contributed by atoms with Gasteiger partial charge in [0.2, 0.25) is 5.91 Å². The number of nitrogens with zero attached hydrogens (tertiary/aromatic N) is 4. The predicted molar refractivity (Wildman–Crippen MR) is 96.3 cm³/mol. The molecule has 2 heterocycles. The Balaban J connectivity index is 1.48. The molecule has 3 amide bonds. The van der Waals surface area contributed by atoms with E-state index in [4.69, 9.17) is 5.26 Å². The molecule has 1 aromatic heterocycles. The largest absolute Gasteiger partial charge is 0.346 e. The molecule has 1 atom stereocenters. The highest BCUT2D eigenvalue weighted by molar-refractivity contribution is 5.96. The van der Waals surface area contributed by atoms with Crippen molar-refractivity contribution in [2.75, 3.05) is 11.9 Å². The number of urea groups is 1. The Morgan fingerprint density at radius 2 is 2.21 bits per heavy atom. The summed E-state index contributed by atoms with van der Waals surface area (Å²) in [5.74, 6) is -0.737. The number of nitriles is 1. The Morgan fingerprint density at radius 1 is 1.43 bits per heavy atom. The molecule has 2 N–H and O–H groups in total. The van der Waals surface area contributed by atoms with Crippen LogP contribution >= 0.6 is 0 Å². The maximum atomic E-state index is 13.7. The number of benzene rings is 1. The Bertz CT molecular complexity index is 996. The molecular weight excluding hydrogens is 363 g/mol. The van der Waals surface area contributed by atoms with Crippen molar-refractivity contribution in [3.63, 3.8) is 0 Å². The minimum absolute atomic E-state index is 0.157. The molecule has 1 aliphatic heterocycles. The van der Waals surface area contributed by atoms with E-state index in [-0.39, 0.29) is 30.0 Å². The Morgan fingerprint density at radius 3 is 2.86 bits per heavy atom. The van der Waals surface area contributed by atoms with Gasteiger partial charge in [-0.2, -0.15) is 5.26 Å². The number of fused-ring (bicyclic) bond motifs is 2. The molecule has 0 bridgehead atoms. The number of halogens is 1. The normalized spacial score (nSPS) is 17.3. The molecule has 1 aromatic carbocycles. The summed E-state index contributed by atoms with van der Waals surface area (Å²) in [5, 5.41) is 14.3. The summed E-state index contributed by atoms with van der Waals surface area (Å²) in [6, 6.07) is 5.33. The number of carbonyl (C=O) groups is 2. The van der Waals surface area contributed by atoms with Gasteiger partial charge in [0, 0.05) is 11.3 Å². The predicted octanol–water partition coefficient (Wildman–Crippen LogP) is 2.20. The second-order valence-electron chi connectivity index (χ2n) is 6.97. The number of rotatable bonds is 4. The standard InChI is InChI=1S/C19H17FN6O2/c1-11(16-9-22-13(7-21)8-23-16)24-17(27)10-26-18(28)25-15-3-2-12(20)6-14(15)19(26)4-5-19/h2-3,6,8-9,11H,4-5,10H2,1H3,(H,24,27)(H,25,28)/t11-/m1/s1. The van der Waals surface area contributed by atoms with Crippen LogP contribution in [0.5, 0.6) is 0 Å². The smallest absolute Gasteiger partial charge is 0.323 e. The summed E-state index contributed by atoms with van der Waals surface area (Å²) >= 11 is 0. The summed E-state index contributed by atoms with van der Waals surface area (Å²) in [5.41, 5.74) is 1.35. The highest BCUT2D eigenvalue weighted by atomic mass is 19.1. The zero-order valence-corrected chi connectivity index (χ0v) is 15.1. The molecule has 0 unspecified atom stereocenters. The van der Waals surface area contributed by atoms with Crippen molar-refractivity contribution in [1.82, 2.24) is 20.2 Å². The van der Waals surface area contributed by atoms with Gasteiger partial charge in [-0.25, -0.2) is 14.2 Å². The third kappa shape index (κ3) is 3.03. The van der Waals surface area contributed by atoms with Crippen LogP contribution in [0.3, 0.4) is 0 Å². The number of nitrogens with one attached hydrogen (secondary N) is 2. The lowest BCUT2D eigenvalue weighted by Gasteiger charge is -2.37. The van der Waals surface area contributed by atoms with Crippen LogP contribution in [0.1, 0.15) is 42.8 Å². The topological polar surface area (TPSA) is 111 Å². The van der Waals surface area contributed by atoms with Crippen LogP contribution in [-0.2, 0) is 10.3 Å². The lowest BCUT2D eigenvalue weighted by Crippen LogP contribution is -2.51. The van der Waals surface area contributed by atoms with E-state index in [0.717, 1.165) is 0 Å². The van der Waals surface area contributed by atoms with E-state index in [2.05, 4.69) is 20.6 Å². The maximum absolute atomic E-state index is 13.7. The first-order chi connectivity index (χ1) is 13.4. The molecule has 1 aliphatic carbocycles. The van der Waals surface area contributed by atoms with Crippen molar-refractivity contribution >= 4 is 17.6 Å². The third-order valence-electron chi connectivity index (χ3n) is 5.12. The summed E-state index contributed by atoms with van der Waals surface area (Å²) in [7, 11) is 0. The van der Waals surface area contributed by atoms with E-state index in [1.165, 1.54) is 29.4 Å². The molecule has 1 spiro atoms. The van der Waals surface area contributed by atoms with E-state index >= 15 is 0 Å². The molecule has 1 fully saturated rings. The molecular formula is C19H17FN6O2. The average Bonchev–Trinajstić information content (AvgIpc) is 3.47. The summed E-state index contributed by atoms with van der Waals surface area (Å²) in [6.45, 7) is 1.58. The first-order valence-corrected chi connectivity index (χ1v) is 8.83. The lowest BCUT2D eigenvalue weighted by molar-refractivity contribution is -0.123. The number of anilines is 1. The van der Waals surface area contributed by atoms with E-state index in [9.17, 15) is 14.0 Å². The molecule has 0 radical (unpaired) electrons. The van der Waals surface area contributed by atoms with Gasteiger partial charge in [0.15, 0.2) is 5.69 Å². The Kier molecular flexibility index (Phi) is 4.19. The van der Waals surface area contributed by atoms with Gasteiger partial charge < -0.3 is 15.5 Å². The van der Waals surface area contributed by atoms with Gasteiger partial charge in [0.25, 0.3) is 0 Å². The van der Waals surface area contributed by atoms with Gasteiger partial charge in [0.1, 0.15) is 18.4 Å². The number of hydrogen-bond donors (Lipinski definition) is 2. The van der Waals surface area contributed by atoms with Crippen molar-refractivity contribution in [3.05, 3.63) is 53.4 Å². The highest BCUT2D eigenvalue weighted by Crippen LogP contribution is 2.55. The van der Waals surface area contributed by atoms with Crippen LogP contribution in [0.4, 0.5) is 14.9 Å². The number of hydrogen-bond acceptors (Lipinski definition) is 5. The van der Waals surface area contributed by atoms with Gasteiger partial charge in [0.05, 0.1) is 29.7 Å². The minimum atomic E-state index is -0.630. The fourth-order valence-electron chi connectivity index (χ4n) is 3.54. The van der Waals surface area contributed by atoms with Gasteiger partial charge in [-0.3, -0.25) is 9.78 Å². The molecule has 9 heteroatoms. The number of amides is 3. The van der Waals surface area contributed by atoms with Crippen LogP contribution in [0.15, 0.2) is 30.6 Å². The van der Waals surface area contributed by atoms with Crippen molar-refractivity contribution in [2.24, 2.45) is 0 Å². The lowest BCUT2D eigenvalue weighted by atomic mass is 9.98. The minimum Gasteiger partial charge on any atom is -0.346 e. The Labute approximate surface area is 160 Å². The van der Waals surface area contributed by atoms with E-state index in [0.29, 0.717) is 29.8 Å². The van der Waals surface area contributed by atoms with Crippen LogP contribution in [0.25, 0.3) is 0 Å². The van der Waals surface area contributed by atoms with Gasteiger partial charge in [-0.1, -0.05) is 0 Å². The van der Waals surface area contributed by atoms with Crippen molar-refractivity contribution < 1.29 is 14.0 Å². The van der Waals surface area contributed by atoms with Crippen LogP contribution in [0, 0.1) is 17.1 Å². The second kappa shape index (κ2) is 6.56. The summed E-state index contributed by atoms with van der Waals surface area (Å²) in [4.78, 5) is 34.6. The van der Waals surface area contributed by atoms with E-state index in [1.807, 2.05) is 6.07 Å². The monoisotopic (exact) mass is 380 g/mol.